The van der Waals surface area contributed by atoms with E-state index in [4.69, 9.17) is 5.73 Å². The van der Waals surface area contributed by atoms with Gasteiger partial charge in [0.25, 0.3) is 5.56 Å². The molecule has 2 aromatic heterocycles. The van der Waals surface area contributed by atoms with E-state index >= 15 is 0 Å². The van der Waals surface area contributed by atoms with Crippen molar-refractivity contribution in [1.29, 1.82) is 0 Å². The lowest BCUT2D eigenvalue weighted by Gasteiger charge is -2.07. The van der Waals surface area contributed by atoms with Gasteiger partial charge in [0, 0.05) is 11.4 Å². The highest BCUT2D eigenvalue weighted by Gasteiger charge is 2.09. The molecular weight excluding hydrogens is 288 g/mol. The number of anilines is 2. The Morgan fingerprint density at radius 2 is 2.24 bits per heavy atom. The van der Waals surface area contributed by atoms with Gasteiger partial charge in [0.1, 0.15) is 11.4 Å². The molecule has 0 aliphatic heterocycles. The van der Waals surface area contributed by atoms with E-state index in [2.05, 4.69) is 10.3 Å². The number of fused-ring (bicyclic) bond motifs is 1. The van der Waals surface area contributed by atoms with Crippen LogP contribution in [0.5, 0.6) is 0 Å². The zero-order valence-electron chi connectivity index (χ0n) is 10.9. The maximum Gasteiger partial charge on any atom is 0.262 e. The largest absolute Gasteiger partial charge is 0.399 e. The maximum absolute atomic E-state index is 12.2. The third-order valence-electron chi connectivity index (χ3n) is 2.93. The fraction of sp³-hybridized carbons (Fsp3) is 0.0714. The molecule has 0 spiro atoms. The van der Waals surface area contributed by atoms with Gasteiger partial charge in [-0.05, 0) is 29.6 Å². The van der Waals surface area contributed by atoms with Crippen LogP contribution in [0.15, 0.2) is 46.8 Å². The molecule has 3 aromatic rings. The molecule has 3 N–H and O–H groups in total. The van der Waals surface area contributed by atoms with E-state index in [1.54, 1.807) is 35.7 Å². The van der Waals surface area contributed by atoms with Crippen molar-refractivity contribution in [3.8, 4) is 0 Å². The zero-order valence-corrected chi connectivity index (χ0v) is 11.8. The Balaban J connectivity index is 1.80. The molecule has 0 unspecified atom stereocenters. The van der Waals surface area contributed by atoms with Crippen LogP contribution < -0.4 is 16.6 Å². The summed E-state index contributed by atoms with van der Waals surface area (Å²) in [6.45, 7) is -0.0909. The molecule has 0 aliphatic rings. The first kappa shape index (κ1) is 13.3. The van der Waals surface area contributed by atoms with Crippen LogP contribution in [0.4, 0.5) is 11.4 Å². The van der Waals surface area contributed by atoms with Gasteiger partial charge in [-0.3, -0.25) is 14.2 Å². The summed E-state index contributed by atoms with van der Waals surface area (Å²) in [4.78, 5) is 29.0. The Labute approximate surface area is 123 Å². The minimum Gasteiger partial charge on any atom is -0.399 e. The molecule has 1 aromatic carbocycles. The lowest BCUT2D eigenvalue weighted by molar-refractivity contribution is -0.116. The Hall–Kier alpha value is -2.67. The number of thiophene rings is 1. The topological polar surface area (TPSA) is 90.0 Å². The zero-order chi connectivity index (χ0) is 14.8. The van der Waals surface area contributed by atoms with Crippen molar-refractivity contribution in [2.24, 2.45) is 0 Å². The summed E-state index contributed by atoms with van der Waals surface area (Å²) in [6.07, 6.45) is 1.39. The standard InChI is InChI=1S/C14H12N4O2S/c15-9-2-1-3-10(6-9)17-12(19)7-18-8-16-13-11(14(18)20)4-5-21-13/h1-6,8H,7,15H2,(H,17,19). The van der Waals surface area contributed by atoms with E-state index in [0.29, 0.717) is 21.6 Å². The molecule has 3 rings (SSSR count). The minimum atomic E-state index is -0.306. The Morgan fingerprint density at radius 1 is 1.38 bits per heavy atom. The fourth-order valence-corrected chi connectivity index (χ4v) is 2.70. The number of amides is 1. The van der Waals surface area contributed by atoms with Crippen LogP contribution in [0.25, 0.3) is 10.2 Å². The molecule has 0 bridgehead atoms. The Bertz CT molecular complexity index is 869. The van der Waals surface area contributed by atoms with E-state index in [1.165, 1.54) is 22.2 Å². The van der Waals surface area contributed by atoms with Crippen LogP contribution in [0.2, 0.25) is 0 Å². The highest BCUT2D eigenvalue weighted by molar-refractivity contribution is 7.16. The predicted octanol–water partition coefficient (Wildman–Crippen LogP) is 1.68. The van der Waals surface area contributed by atoms with Crippen molar-refractivity contribution in [2.75, 3.05) is 11.1 Å². The maximum atomic E-state index is 12.2. The van der Waals surface area contributed by atoms with Gasteiger partial charge in [0.15, 0.2) is 0 Å². The van der Waals surface area contributed by atoms with E-state index < -0.39 is 0 Å². The van der Waals surface area contributed by atoms with Crippen molar-refractivity contribution < 1.29 is 4.79 Å². The predicted molar refractivity (Wildman–Crippen MR) is 83.4 cm³/mol. The van der Waals surface area contributed by atoms with Crippen molar-refractivity contribution in [2.45, 2.75) is 6.54 Å². The quantitative estimate of drug-likeness (QED) is 0.720. The molecule has 2 heterocycles. The SMILES string of the molecule is Nc1cccc(NC(=O)Cn2cnc3sccc3c2=O)c1. The van der Waals surface area contributed by atoms with Gasteiger partial charge in [-0.1, -0.05) is 6.07 Å². The molecule has 21 heavy (non-hydrogen) atoms. The monoisotopic (exact) mass is 300 g/mol. The van der Waals surface area contributed by atoms with Crippen molar-refractivity contribution in [3.05, 3.63) is 52.4 Å². The normalized spacial score (nSPS) is 10.7. The third-order valence-corrected chi connectivity index (χ3v) is 3.76. The number of nitrogens with two attached hydrogens (primary N) is 1. The summed E-state index contributed by atoms with van der Waals surface area (Å²) in [7, 11) is 0. The molecule has 0 aliphatic carbocycles. The van der Waals surface area contributed by atoms with Crippen molar-refractivity contribution >= 4 is 38.8 Å². The van der Waals surface area contributed by atoms with Crippen LogP contribution in [0.3, 0.4) is 0 Å². The number of benzene rings is 1. The van der Waals surface area contributed by atoms with Crippen LogP contribution >= 0.6 is 11.3 Å². The van der Waals surface area contributed by atoms with E-state index in [9.17, 15) is 9.59 Å². The van der Waals surface area contributed by atoms with Gasteiger partial charge in [-0.2, -0.15) is 0 Å². The number of carbonyl (C=O) groups excluding carboxylic acids is 1. The average Bonchev–Trinajstić information content (AvgIpc) is 2.91. The summed E-state index contributed by atoms with van der Waals surface area (Å²) in [5.74, 6) is -0.306. The number of nitrogens with zero attached hydrogens (tertiary/aromatic N) is 2. The second kappa shape index (κ2) is 5.37. The van der Waals surface area contributed by atoms with Gasteiger partial charge in [-0.25, -0.2) is 4.98 Å². The van der Waals surface area contributed by atoms with Gasteiger partial charge in [0.05, 0.1) is 11.7 Å². The number of nitrogen functional groups attached to an aromatic ring is 1. The molecule has 106 valence electrons. The molecule has 0 radical (unpaired) electrons. The van der Waals surface area contributed by atoms with Gasteiger partial charge >= 0.3 is 0 Å². The number of carbonyl (C=O) groups is 1. The number of hydrogen-bond acceptors (Lipinski definition) is 5. The minimum absolute atomic E-state index is 0.0909. The van der Waals surface area contributed by atoms with E-state index in [0.717, 1.165) is 0 Å². The second-order valence-electron chi connectivity index (χ2n) is 4.49. The van der Waals surface area contributed by atoms with E-state index in [-0.39, 0.29) is 18.0 Å². The summed E-state index contributed by atoms with van der Waals surface area (Å²) in [5, 5.41) is 5.03. The van der Waals surface area contributed by atoms with Crippen LogP contribution in [0, 0.1) is 0 Å². The van der Waals surface area contributed by atoms with Crippen LogP contribution in [-0.4, -0.2) is 15.5 Å². The second-order valence-corrected chi connectivity index (χ2v) is 5.39. The molecule has 0 fully saturated rings. The molecule has 0 saturated carbocycles. The first-order valence-electron chi connectivity index (χ1n) is 6.21. The average molecular weight is 300 g/mol. The molecule has 0 atom stereocenters. The summed E-state index contributed by atoms with van der Waals surface area (Å²) in [6, 6.07) is 8.57. The molecule has 6 nitrogen and oxygen atoms in total. The molecule has 1 amide bonds. The van der Waals surface area contributed by atoms with Gasteiger partial charge < -0.3 is 11.1 Å². The first-order chi connectivity index (χ1) is 10.1. The lowest BCUT2D eigenvalue weighted by Crippen LogP contribution is -2.27. The lowest BCUT2D eigenvalue weighted by atomic mass is 10.3. The summed E-state index contributed by atoms with van der Waals surface area (Å²) >= 11 is 1.39. The van der Waals surface area contributed by atoms with Crippen LogP contribution in [0.1, 0.15) is 0 Å². The summed E-state index contributed by atoms with van der Waals surface area (Å²) in [5.41, 5.74) is 6.58. The number of rotatable bonds is 3. The number of aromatic nitrogens is 2. The van der Waals surface area contributed by atoms with Crippen molar-refractivity contribution in [3.63, 3.8) is 0 Å². The third kappa shape index (κ3) is 2.77. The highest BCUT2D eigenvalue weighted by atomic mass is 32.1. The first-order valence-corrected chi connectivity index (χ1v) is 7.09. The van der Waals surface area contributed by atoms with E-state index in [1.807, 2.05) is 0 Å². The van der Waals surface area contributed by atoms with Crippen LogP contribution in [-0.2, 0) is 11.3 Å². The fourth-order valence-electron chi connectivity index (χ4n) is 1.98. The summed E-state index contributed by atoms with van der Waals surface area (Å²) < 4.78 is 1.29. The van der Waals surface area contributed by atoms with Gasteiger partial charge in [-0.15, -0.1) is 11.3 Å². The number of nitrogens with one attached hydrogen (secondary N) is 1. The Kier molecular flexibility index (Phi) is 3.41. The molecule has 7 heteroatoms. The highest BCUT2D eigenvalue weighted by Crippen LogP contribution is 2.14. The van der Waals surface area contributed by atoms with Gasteiger partial charge in [0.2, 0.25) is 5.91 Å². The Morgan fingerprint density at radius 3 is 3.05 bits per heavy atom. The molecular formula is C14H12N4O2S. The molecule has 0 saturated heterocycles. The van der Waals surface area contributed by atoms with Crippen molar-refractivity contribution in [1.82, 2.24) is 9.55 Å². The number of hydrogen-bond donors (Lipinski definition) is 2. The smallest absolute Gasteiger partial charge is 0.262 e.